The molecule has 0 saturated carbocycles. The average Bonchev–Trinajstić information content (AvgIpc) is 3.02. The molecule has 2 aromatic heterocycles. The lowest BCUT2D eigenvalue weighted by Gasteiger charge is -2.06. The summed E-state index contributed by atoms with van der Waals surface area (Å²) >= 11 is 0. The van der Waals surface area contributed by atoms with Crippen LogP contribution in [0.3, 0.4) is 0 Å². The second-order valence-electron chi connectivity index (χ2n) is 5.93. The molecule has 6 nitrogen and oxygen atoms in total. The Hall–Kier alpha value is -3.15. The number of H-pyrrole nitrogens is 1. The van der Waals surface area contributed by atoms with Crippen molar-refractivity contribution in [2.24, 2.45) is 0 Å². The van der Waals surface area contributed by atoms with Crippen LogP contribution >= 0.6 is 0 Å². The van der Waals surface area contributed by atoms with Crippen LogP contribution in [0.1, 0.15) is 24.5 Å². The molecule has 1 amide bonds. The number of carbonyl (C=O) groups excluding carboxylic acids is 1. The van der Waals surface area contributed by atoms with Crippen LogP contribution in [-0.2, 0) is 11.2 Å². The number of benzene rings is 1. The number of nitrogens with one attached hydrogen (secondary N) is 2. The van der Waals surface area contributed by atoms with Gasteiger partial charge in [-0.1, -0.05) is 12.1 Å². The summed E-state index contributed by atoms with van der Waals surface area (Å²) in [5.41, 5.74) is 3.78. The molecular formula is C20H22N4O2. The SMILES string of the molecule is CCOc1ccc(CCC(=O)Nc2[nH]nc(-c3ccncc3)c2C)cc1. The van der Waals surface area contributed by atoms with Crippen LogP contribution in [0.25, 0.3) is 11.3 Å². The number of hydrogen-bond acceptors (Lipinski definition) is 4. The highest BCUT2D eigenvalue weighted by atomic mass is 16.5. The fourth-order valence-electron chi connectivity index (χ4n) is 2.69. The Balaban J connectivity index is 1.58. The summed E-state index contributed by atoms with van der Waals surface area (Å²) < 4.78 is 5.42. The van der Waals surface area contributed by atoms with Crippen molar-refractivity contribution in [3.8, 4) is 17.0 Å². The lowest BCUT2D eigenvalue weighted by molar-refractivity contribution is -0.116. The maximum atomic E-state index is 12.3. The summed E-state index contributed by atoms with van der Waals surface area (Å²) in [7, 11) is 0. The van der Waals surface area contributed by atoms with Crippen molar-refractivity contribution < 1.29 is 9.53 Å². The fraction of sp³-hybridized carbons (Fsp3) is 0.250. The highest BCUT2D eigenvalue weighted by molar-refractivity contribution is 5.91. The molecule has 3 rings (SSSR count). The van der Waals surface area contributed by atoms with E-state index in [0.717, 1.165) is 28.1 Å². The van der Waals surface area contributed by atoms with E-state index in [1.54, 1.807) is 12.4 Å². The van der Waals surface area contributed by atoms with Crippen LogP contribution in [-0.4, -0.2) is 27.7 Å². The molecule has 0 radical (unpaired) electrons. The normalized spacial score (nSPS) is 10.5. The molecule has 1 aromatic carbocycles. The van der Waals surface area contributed by atoms with Crippen molar-refractivity contribution in [3.05, 3.63) is 59.9 Å². The van der Waals surface area contributed by atoms with E-state index >= 15 is 0 Å². The molecule has 0 aliphatic rings. The number of aryl methyl sites for hydroxylation is 1. The van der Waals surface area contributed by atoms with Gasteiger partial charge in [0.15, 0.2) is 0 Å². The first-order valence-corrected chi connectivity index (χ1v) is 8.64. The number of nitrogens with zero attached hydrogens (tertiary/aromatic N) is 2. The first-order valence-electron chi connectivity index (χ1n) is 8.64. The number of anilines is 1. The molecule has 6 heteroatoms. The van der Waals surface area contributed by atoms with E-state index in [1.165, 1.54) is 0 Å². The molecule has 0 fully saturated rings. The fourth-order valence-corrected chi connectivity index (χ4v) is 2.69. The van der Waals surface area contributed by atoms with Crippen LogP contribution in [0.2, 0.25) is 0 Å². The summed E-state index contributed by atoms with van der Waals surface area (Å²) in [6, 6.07) is 11.6. The van der Waals surface area contributed by atoms with Crippen molar-refractivity contribution in [2.75, 3.05) is 11.9 Å². The van der Waals surface area contributed by atoms with Gasteiger partial charge in [0, 0.05) is 29.9 Å². The largest absolute Gasteiger partial charge is 0.494 e. The highest BCUT2D eigenvalue weighted by Gasteiger charge is 2.13. The monoisotopic (exact) mass is 350 g/mol. The summed E-state index contributed by atoms with van der Waals surface area (Å²) in [5.74, 6) is 1.43. The molecule has 0 aliphatic carbocycles. The third kappa shape index (κ3) is 4.27. The summed E-state index contributed by atoms with van der Waals surface area (Å²) in [6.45, 7) is 4.53. The van der Waals surface area contributed by atoms with Gasteiger partial charge in [-0.3, -0.25) is 14.9 Å². The van der Waals surface area contributed by atoms with Gasteiger partial charge in [-0.25, -0.2) is 0 Å². The zero-order valence-corrected chi connectivity index (χ0v) is 15.0. The van der Waals surface area contributed by atoms with E-state index in [-0.39, 0.29) is 5.91 Å². The minimum Gasteiger partial charge on any atom is -0.494 e. The Morgan fingerprint density at radius 1 is 1.15 bits per heavy atom. The van der Waals surface area contributed by atoms with E-state index < -0.39 is 0 Å². The number of aromatic nitrogens is 3. The van der Waals surface area contributed by atoms with Crippen LogP contribution in [0.15, 0.2) is 48.8 Å². The van der Waals surface area contributed by atoms with E-state index in [1.807, 2.05) is 50.2 Å². The van der Waals surface area contributed by atoms with Gasteiger partial charge in [0.2, 0.25) is 5.91 Å². The topological polar surface area (TPSA) is 79.9 Å². The minimum absolute atomic E-state index is 0.0492. The maximum Gasteiger partial charge on any atom is 0.225 e. The molecule has 0 spiro atoms. The number of aromatic amines is 1. The first-order chi connectivity index (χ1) is 12.7. The van der Waals surface area contributed by atoms with E-state index in [4.69, 9.17) is 4.74 Å². The van der Waals surface area contributed by atoms with Gasteiger partial charge in [0.05, 0.1) is 12.3 Å². The molecule has 0 unspecified atom stereocenters. The molecule has 0 saturated heterocycles. The van der Waals surface area contributed by atoms with Gasteiger partial charge in [-0.15, -0.1) is 0 Å². The van der Waals surface area contributed by atoms with Crippen molar-refractivity contribution >= 4 is 11.7 Å². The van der Waals surface area contributed by atoms with Crippen molar-refractivity contribution in [2.45, 2.75) is 26.7 Å². The predicted octanol–water partition coefficient (Wildman–Crippen LogP) is 3.75. The number of carbonyl (C=O) groups is 1. The second-order valence-corrected chi connectivity index (χ2v) is 5.93. The molecule has 0 atom stereocenters. The highest BCUT2D eigenvalue weighted by Crippen LogP contribution is 2.25. The standard InChI is InChI=1S/C20H22N4O2/c1-3-26-17-7-4-15(5-8-17)6-9-18(25)22-20-14(2)19(23-24-20)16-10-12-21-13-11-16/h4-5,7-8,10-13H,3,6,9H2,1-2H3,(H2,22,23,24,25). The van der Waals surface area contributed by atoms with Crippen molar-refractivity contribution in [1.82, 2.24) is 15.2 Å². The molecule has 0 aliphatic heterocycles. The van der Waals surface area contributed by atoms with Crippen molar-refractivity contribution in [3.63, 3.8) is 0 Å². The van der Waals surface area contributed by atoms with Gasteiger partial charge in [-0.2, -0.15) is 5.10 Å². The van der Waals surface area contributed by atoms with Crippen LogP contribution in [0, 0.1) is 6.92 Å². The quantitative estimate of drug-likeness (QED) is 0.680. The predicted molar refractivity (Wildman–Crippen MR) is 101 cm³/mol. The third-order valence-electron chi connectivity index (χ3n) is 4.10. The third-order valence-corrected chi connectivity index (χ3v) is 4.10. The van der Waals surface area contributed by atoms with Crippen LogP contribution in [0.4, 0.5) is 5.82 Å². The van der Waals surface area contributed by atoms with E-state index in [0.29, 0.717) is 25.3 Å². The number of rotatable bonds is 7. The smallest absolute Gasteiger partial charge is 0.225 e. The van der Waals surface area contributed by atoms with Crippen LogP contribution < -0.4 is 10.1 Å². The second kappa shape index (κ2) is 8.29. The van der Waals surface area contributed by atoms with Gasteiger partial charge >= 0.3 is 0 Å². The summed E-state index contributed by atoms with van der Waals surface area (Å²) in [6.07, 6.45) is 4.51. The van der Waals surface area contributed by atoms with E-state index in [9.17, 15) is 4.79 Å². The molecule has 2 heterocycles. The molecular weight excluding hydrogens is 328 g/mol. The molecule has 26 heavy (non-hydrogen) atoms. The molecule has 3 aromatic rings. The maximum absolute atomic E-state index is 12.3. The van der Waals surface area contributed by atoms with Gasteiger partial charge in [-0.05, 0) is 50.1 Å². The lowest BCUT2D eigenvalue weighted by atomic mass is 10.1. The number of pyridine rings is 1. The van der Waals surface area contributed by atoms with Crippen molar-refractivity contribution in [1.29, 1.82) is 0 Å². The Labute approximate surface area is 152 Å². The molecule has 2 N–H and O–H groups in total. The minimum atomic E-state index is -0.0492. The number of ether oxygens (including phenoxy) is 1. The van der Waals surface area contributed by atoms with Crippen LogP contribution in [0.5, 0.6) is 5.75 Å². The number of amides is 1. The molecule has 0 bridgehead atoms. The zero-order valence-electron chi connectivity index (χ0n) is 15.0. The summed E-state index contributed by atoms with van der Waals surface area (Å²) in [4.78, 5) is 16.3. The lowest BCUT2D eigenvalue weighted by Crippen LogP contribution is -2.13. The summed E-state index contributed by atoms with van der Waals surface area (Å²) in [5, 5.41) is 10.1. The van der Waals surface area contributed by atoms with E-state index in [2.05, 4.69) is 20.5 Å². The Kier molecular flexibility index (Phi) is 5.63. The van der Waals surface area contributed by atoms with Gasteiger partial charge in [0.25, 0.3) is 0 Å². The first kappa shape index (κ1) is 17.7. The Bertz CT molecular complexity index is 857. The zero-order chi connectivity index (χ0) is 18.4. The molecule has 134 valence electrons. The van der Waals surface area contributed by atoms with Gasteiger partial charge in [0.1, 0.15) is 11.6 Å². The average molecular weight is 350 g/mol. The van der Waals surface area contributed by atoms with Gasteiger partial charge < -0.3 is 10.1 Å². The number of hydrogen-bond donors (Lipinski definition) is 2. The Morgan fingerprint density at radius 3 is 2.58 bits per heavy atom. The Morgan fingerprint density at radius 2 is 1.88 bits per heavy atom.